The first-order valence-electron chi connectivity index (χ1n) is 10.1. The molecular weight excluding hydrogens is 340 g/mol. The highest BCUT2D eigenvalue weighted by Gasteiger charge is 2.28. The molecule has 1 aromatic carbocycles. The summed E-state index contributed by atoms with van der Waals surface area (Å²) in [5.41, 5.74) is 7.32. The van der Waals surface area contributed by atoms with E-state index < -0.39 is 0 Å². The standard InChI is InChI=1S/C21H34N4O2/c1-4-24(5-2)19(26)16-23-12-9-13-25(15-14-23)21(27)17(3)20(22)18-10-7-6-8-11-18/h6-8,10-11,17,20H,4-5,9,12-16,22H2,1-3H3. The SMILES string of the molecule is CCN(CC)C(=O)CN1CCCN(C(=O)C(C)C(N)c2ccccc2)CC1. The molecular formula is C21H34N4O2. The topological polar surface area (TPSA) is 69.9 Å². The predicted molar refractivity (Wildman–Crippen MR) is 108 cm³/mol. The molecule has 0 spiro atoms. The van der Waals surface area contributed by atoms with Crippen molar-refractivity contribution in [3.8, 4) is 0 Å². The molecule has 2 N–H and O–H groups in total. The third kappa shape index (κ3) is 5.78. The molecule has 150 valence electrons. The van der Waals surface area contributed by atoms with Gasteiger partial charge in [-0.25, -0.2) is 0 Å². The van der Waals surface area contributed by atoms with Crippen LogP contribution in [0, 0.1) is 5.92 Å². The summed E-state index contributed by atoms with van der Waals surface area (Å²) in [6, 6.07) is 9.48. The van der Waals surface area contributed by atoms with Crippen LogP contribution in [0.1, 0.15) is 38.8 Å². The molecule has 0 radical (unpaired) electrons. The van der Waals surface area contributed by atoms with Gasteiger partial charge in [-0.3, -0.25) is 14.5 Å². The number of nitrogens with zero attached hydrogens (tertiary/aromatic N) is 3. The summed E-state index contributed by atoms with van der Waals surface area (Å²) in [5, 5.41) is 0. The van der Waals surface area contributed by atoms with Crippen LogP contribution >= 0.6 is 0 Å². The molecule has 2 unspecified atom stereocenters. The molecule has 1 aromatic rings. The first-order valence-corrected chi connectivity index (χ1v) is 10.1. The Labute approximate surface area is 163 Å². The molecule has 27 heavy (non-hydrogen) atoms. The number of likely N-dealkylation sites (N-methyl/N-ethyl adjacent to an activating group) is 1. The van der Waals surface area contributed by atoms with E-state index in [1.165, 1.54) is 0 Å². The van der Waals surface area contributed by atoms with Crippen LogP contribution < -0.4 is 5.73 Å². The van der Waals surface area contributed by atoms with E-state index in [0.717, 1.165) is 44.7 Å². The third-order valence-electron chi connectivity index (χ3n) is 5.49. The first-order chi connectivity index (χ1) is 13.0. The van der Waals surface area contributed by atoms with Crippen LogP contribution in [0.5, 0.6) is 0 Å². The Bertz CT molecular complexity index is 603. The number of hydrogen-bond donors (Lipinski definition) is 1. The largest absolute Gasteiger partial charge is 0.342 e. The third-order valence-corrected chi connectivity index (χ3v) is 5.49. The molecule has 2 rings (SSSR count). The molecule has 2 amide bonds. The number of rotatable bonds is 7. The second-order valence-electron chi connectivity index (χ2n) is 7.25. The number of benzene rings is 1. The van der Waals surface area contributed by atoms with Gasteiger partial charge in [0.2, 0.25) is 11.8 Å². The average Bonchev–Trinajstić information content (AvgIpc) is 2.93. The number of hydrogen-bond acceptors (Lipinski definition) is 4. The minimum absolute atomic E-state index is 0.100. The zero-order valence-electron chi connectivity index (χ0n) is 16.9. The summed E-state index contributed by atoms with van der Waals surface area (Å²) in [6.45, 7) is 10.8. The van der Waals surface area contributed by atoms with Crippen molar-refractivity contribution in [1.29, 1.82) is 0 Å². The molecule has 1 saturated heterocycles. The smallest absolute Gasteiger partial charge is 0.236 e. The normalized spacial score (nSPS) is 17.9. The van der Waals surface area contributed by atoms with Gasteiger partial charge in [-0.05, 0) is 25.8 Å². The van der Waals surface area contributed by atoms with E-state index in [9.17, 15) is 9.59 Å². The monoisotopic (exact) mass is 374 g/mol. The Hall–Kier alpha value is -1.92. The van der Waals surface area contributed by atoms with E-state index in [0.29, 0.717) is 13.1 Å². The number of carbonyl (C=O) groups is 2. The number of carbonyl (C=O) groups excluding carboxylic acids is 2. The lowest BCUT2D eigenvalue weighted by atomic mass is 9.94. The maximum atomic E-state index is 12.9. The number of amides is 2. The van der Waals surface area contributed by atoms with Crippen molar-refractivity contribution >= 4 is 11.8 Å². The van der Waals surface area contributed by atoms with Gasteiger partial charge < -0.3 is 15.5 Å². The predicted octanol–water partition coefficient (Wildman–Crippen LogP) is 1.73. The van der Waals surface area contributed by atoms with Crippen molar-refractivity contribution < 1.29 is 9.59 Å². The van der Waals surface area contributed by atoms with Gasteiger partial charge in [-0.2, -0.15) is 0 Å². The van der Waals surface area contributed by atoms with Crippen LogP contribution in [0.15, 0.2) is 30.3 Å². The quantitative estimate of drug-likeness (QED) is 0.789. The molecule has 6 heteroatoms. The van der Waals surface area contributed by atoms with Crippen LogP contribution in [-0.2, 0) is 9.59 Å². The summed E-state index contributed by atoms with van der Waals surface area (Å²) in [6.07, 6.45) is 0.880. The summed E-state index contributed by atoms with van der Waals surface area (Å²) in [5.74, 6) is -0.00114. The van der Waals surface area contributed by atoms with Crippen LogP contribution in [0.3, 0.4) is 0 Å². The van der Waals surface area contributed by atoms with Crippen LogP contribution in [-0.4, -0.2) is 72.3 Å². The summed E-state index contributed by atoms with van der Waals surface area (Å²) >= 11 is 0. The van der Waals surface area contributed by atoms with Gasteiger partial charge in [-0.1, -0.05) is 37.3 Å². The fraction of sp³-hybridized carbons (Fsp3) is 0.619. The molecule has 1 heterocycles. The fourth-order valence-electron chi connectivity index (χ4n) is 3.62. The van der Waals surface area contributed by atoms with Crippen molar-refractivity contribution in [3.05, 3.63) is 35.9 Å². The lowest BCUT2D eigenvalue weighted by molar-refractivity contribution is -0.135. The summed E-state index contributed by atoms with van der Waals surface area (Å²) < 4.78 is 0. The van der Waals surface area contributed by atoms with Gasteiger partial charge >= 0.3 is 0 Å². The van der Waals surface area contributed by atoms with Crippen LogP contribution in [0.25, 0.3) is 0 Å². The minimum atomic E-state index is -0.303. The molecule has 2 atom stereocenters. The highest BCUT2D eigenvalue weighted by atomic mass is 16.2. The molecule has 0 bridgehead atoms. The highest BCUT2D eigenvalue weighted by Crippen LogP contribution is 2.21. The van der Waals surface area contributed by atoms with Gasteiger partial charge in [-0.15, -0.1) is 0 Å². The Morgan fingerprint density at radius 1 is 1.07 bits per heavy atom. The average molecular weight is 375 g/mol. The second-order valence-corrected chi connectivity index (χ2v) is 7.25. The zero-order valence-corrected chi connectivity index (χ0v) is 16.9. The van der Waals surface area contributed by atoms with Crippen molar-refractivity contribution in [2.24, 2.45) is 11.7 Å². The van der Waals surface area contributed by atoms with E-state index >= 15 is 0 Å². The molecule has 1 fully saturated rings. The van der Waals surface area contributed by atoms with E-state index in [2.05, 4.69) is 4.90 Å². The molecule has 0 saturated carbocycles. The Morgan fingerprint density at radius 3 is 2.37 bits per heavy atom. The maximum Gasteiger partial charge on any atom is 0.236 e. The highest BCUT2D eigenvalue weighted by molar-refractivity contribution is 5.80. The molecule has 0 aliphatic carbocycles. The Balaban J connectivity index is 1.91. The van der Waals surface area contributed by atoms with Crippen LogP contribution in [0.2, 0.25) is 0 Å². The fourth-order valence-corrected chi connectivity index (χ4v) is 3.62. The lowest BCUT2D eigenvalue weighted by Gasteiger charge is -2.28. The number of nitrogens with two attached hydrogens (primary N) is 1. The summed E-state index contributed by atoms with van der Waals surface area (Å²) in [7, 11) is 0. The zero-order chi connectivity index (χ0) is 19.8. The first kappa shape index (κ1) is 21.4. The molecule has 1 aliphatic heterocycles. The molecule has 0 aromatic heterocycles. The van der Waals surface area contributed by atoms with Gasteiger partial charge in [0.1, 0.15) is 0 Å². The lowest BCUT2D eigenvalue weighted by Crippen LogP contribution is -2.43. The molecule has 1 aliphatic rings. The van der Waals surface area contributed by atoms with E-state index in [1.54, 1.807) is 0 Å². The van der Waals surface area contributed by atoms with Gasteiger partial charge in [0.15, 0.2) is 0 Å². The second kappa shape index (κ2) is 10.4. The van der Waals surface area contributed by atoms with E-state index in [1.807, 2.05) is 60.9 Å². The van der Waals surface area contributed by atoms with Crippen LogP contribution in [0.4, 0.5) is 0 Å². The minimum Gasteiger partial charge on any atom is -0.342 e. The summed E-state index contributed by atoms with van der Waals surface area (Å²) in [4.78, 5) is 31.2. The van der Waals surface area contributed by atoms with Gasteiger partial charge in [0, 0.05) is 45.3 Å². The Morgan fingerprint density at radius 2 is 1.74 bits per heavy atom. The van der Waals surface area contributed by atoms with Gasteiger partial charge in [0.05, 0.1) is 12.5 Å². The maximum absolute atomic E-state index is 12.9. The van der Waals surface area contributed by atoms with Crippen molar-refractivity contribution in [3.63, 3.8) is 0 Å². The Kier molecular flexibility index (Phi) is 8.25. The van der Waals surface area contributed by atoms with Crippen molar-refractivity contribution in [2.45, 2.75) is 33.2 Å². The van der Waals surface area contributed by atoms with Crippen molar-refractivity contribution in [1.82, 2.24) is 14.7 Å². The molecule has 6 nitrogen and oxygen atoms in total. The van der Waals surface area contributed by atoms with Gasteiger partial charge in [0.25, 0.3) is 0 Å². The van der Waals surface area contributed by atoms with Crippen molar-refractivity contribution in [2.75, 3.05) is 45.8 Å². The van der Waals surface area contributed by atoms with E-state index in [-0.39, 0.29) is 23.8 Å². The van der Waals surface area contributed by atoms with E-state index in [4.69, 9.17) is 5.73 Å².